The minimum absolute atomic E-state index is 0.299. The molecule has 3 nitrogen and oxygen atoms in total. The van der Waals surface area contributed by atoms with Gasteiger partial charge in [-0.2, -0.15) is 0 Å². The molecule has 0 amide bonds. The fourth-order valence-corrected chi connectivity index (χ4v) is 1.77. The highest BCUT2D eigenvalue weighted by Crippen LogP contribution is 2.32. The summed E-state index contributed by atoms with van der Waals surface area (Å²) < 4.78 is 10.6. The Balaban J connectivity index is 1.82. The molecule has 90 valence electrons. The number of nitrogens with zero attached hydrogens (tertiary/aromatic N) is 1. The van der Waals surface area contributed by atoms with E-state index in [1.54, 1.807) is 0 Å². The monoisotopic (exact) mass is 239 g/mol. The van der Waals surface area contributed by atoms with Crippen LogP contribution in [0.3, 0.4) is 0 Å². The minimum Gasteiger partial charge on any atom is -0.454 e. The smallest absolute Gasteiger partial charge is 0.231 e. The molecule has 1 aliphatic rings. The molecule has 18 heavy (non-hydrogen) atoms. The van der Waals surface area contributed by atoms with Crippen molar-refractivity contribution in [3.8, 4) is 11.5 Å². The Labute approximate surface area is 106 Å². The first kappa shape index (κ1) is 10.8. The van der Waals surface area contributed by atoms with Crippen LogP contribution in [0, 0.1) is 6.92 Å². The quantitative estimate of drug-likeness (QED) is 0.751. The van der Waals surface area contributed by atoms with Crippen molar-refractivity contribution in [3.05, 3.63) is 53.6 Å². The van der Waals surface area contributed by atoms with Gasteiger partial charge in [0.05, 0.1) is 5.69 Å². The average molecular weight is 239 g/mol. The van der Waals surface area contributed by atoms with Gasteiger partial charge in [0.2, 0.25) is 6.79 Å². The van der Waals surface area contributed by atoms with Gasteiger partial charge in [-0.15, -0.1) is 0 Å². The summed E-state index contributed by atoms with van der Waals surface area (Å²) in [6.07, 6.45) is 1.83. The zero-order valence-corrected chi connectivity index (χ0v) is 10.1. The molecule has 0 saturated heterocycles. The van der Waals surface area contributed by atoms with Crippen molar-refractivity contribution in [3.63, 3.8) is 0 Å². The number of aliphatic imine (C=N–C) groups is 1. The second kappa shape index (κ2) is 4.53. The molecule has 0 bridgehead atoms. The van der Waals surface area contributed by atoms with E-state index in [2.05, 4.69) is 11.9 Å². The van der Waals surface area contributed by atoms with E-state index in [0.29, 0.717) is 6.79 Å². The van der Waals surface area contributed by atoms with E-state index in [1.807, 2.05) is 48.7 Å². The summed E-state index contributed by atoms with van der Waals surface area (Å²) in [6, 6.07) is 13.9. The van der Waals surface area contributed by atoms with Crippen molar-refractivity contribution >= 4 is 11.9 Å². The van der Waals surface area contributed by atoms with Crippen LogP contribution in [0.5, 0.6) is 11.5 Å². The van der Waals surface area contributed by atoms with Gasteiger partial charge in [-0.3, -0.25) is 4.99 Å². The van der Waals surface area contributed by atoms with Crippen LogP contribution in [0.2, 0.25) is 0 Å². The van der Waals surface area contributed by atoms with Gasteiger partial charge in [-0.25, -0.2) is 0 Å². The number of fused-ring (bicyclic) bond motifs is 1. The molecule has 2 aromatic carbocycles. The van der Waals surface area contributed by atoms with E-state index < -0.39 is 0 Å². The highest BCUT2D eigenvalue weighted by Gasteiger charge is 2.12. The summed E-state index contributed by atoms with van der Waals surface area (Å²) in [7, 11) is 0. The summed E-state index contributed by atoms with van der Waals surface area (Å²) in [5, 5.41) is 0. The van der Waals surface area contributed by atoms with Gasteiger partial charge >= 0.3 is 0 Å². The number of hydrogen-bond acceptors (Lipinski definition) is 3. The van der Waals surface area contributed by atoms with Crippen molar-refractivity contribution in [2.45, 2.75) is 6.92 Å². The highest BCUT2D eigenvalue weighted by atomic mass is 16.7. The zero-order valence-electron chi connectivity index (χ0n) is 10.1. The van der Waals surface area contributed by atoms with Crippen molar-refractivity contribution in [1.29, 1.82) is 0 Å². The molecule has 3 rings (SSSR count). The van der Waals surface area contributed by atoms with Crippen LogP contribution in [-0.2, 0) is 0 Å². The standard InChI is InChI=1S/C15H13NO2/c1-11-2-5-13(6-3-11)16-9-12-4-7-14-15(8-12)18-10-17-14/h2-9H,10H2,1H3. The Hall–Kier alpha value is -2.29. The predicted octanol–water partition coefficient (Wildman–Crippen LogP) is 3.47. The SMILES string of the molecule is Cc1ccc(N=Cc2ccc3c(c2)OCO3)cc1. The fourth-order valence-electron chi connectivity index (χ4n) is 1.77. The van der Waals surface area contributed by atoms with Gasteiger partial charge in [-0.05, 0) is 42.8 Å². The number of aryl methyl sites for hydroxylation is 1. The van der Waals surface area contributed by atoms with Crippen LogP contribution in [0.4, 0.5) is 5.69 Å². The minimum atomic E-state index is 0.299. The molecule has 3 heteroatoms. The lowest BCUT2D eigenvalue weighted by atomic mass is 10.2. The van der Waals surface area contributed by atoms with E-state index in [-0.39, 0.29) is 0 Å². The number of hydrogen-bond donors (Lipinski definition) is 0. The van der Waals surface area contributed by atoms with E-state index in [4.69, 9.17) is 9.47 Å². The first-order valence-electron chi connectivity index (χ1n) is 5.82. The van der Waals surface area contributed by atoms with Gasteiger partial charge in [0.1, 0.15) is 0 Å². The summed E-state index contributed by atoms with van der Waals surface area (Å²) >= 11 is 0. The van der Waals surface area contributed by atoms with Gasteiger partial charge < -0.3 is 9.47 Å². The maximum absolute atomic E-state index is 5.32. The van der Waals surface area contributed by atoms with Crippen LogP contribution in [0.15, 0.2) is 47.5 Å². The molecule has 0 radical (unpaired) electrons. The molecule has 1 aliphatic heterocycles. The van der Waals surface area contributed by atoms with Crippen LogP contribution in [0.1, 0.15) is 11.1 Å². The lowest BCUT2D eigenvalue weighted by molar-refractivity contribution is 0.174. The van der Waals surface area contributed by atoms with E-state index >= 15 is 0 Å². The molecule has 1 heterocycles. The van der Waals surface area contributed by atoms with E-state index in [0.717, 1.165) is 22.7 Å². The Morgan fingerprint density at radius 3 is 2.61 bits per heavy atom. The molecule has 0 fully saturated rings. The normalized spacial score (nSPS) is 13.2. The first-order chi connectivity index (χ1) is 8.81. The molecule has 0 aliphatic carbocycles. The van der Waals surface area contributed by atoms with Crippen molar-refractivity contribution in [2.75, 3.05) is 6.79 Å². The van der Waals surface area contributed by atoms with Gasteiger partial charge in [0, 0.05) is 6.21 Å². The van der Waals surface area contributed by atoms with E-state index in [1.165, 1.54) is 5.56 Å². The third kappa shape index (κ3) is 2.20. The Morgan fingerprint density at radius 2 is 1.78 bits per heavy atom. The lowest BCUT2D eigenvalue weighted by Gasteiger charge is -1.98. The summed E-state index contributed by atoms with van der Waals surface area (Å²) in [4.78, 5) is 4.42. The Bertz CT molecular complexity index is 588. The topological polar surface area (TPSA) is 30.8 Å². The summed E-state index contributed by atoms with van der Waals surface area (Å²) in [5.74, 6) is 1.57. The lowest BCUT2D eigenvalue weighted by Crippen LogP contribution is -1.92. The molecular formula is C15H13NO2. The van der Waals surface area contributed by atoms with Crippen LogP contribution in [0.25, 0.3) is 0 Å². The first-order valence-corrected chi connectivity index (χ1v) is 5.82. The number of ether oxygens (including phenoxy) is 2. The maximum atomic E-state index is 5.32. The molecule has 0 aromatic heterocycles. The van der Waals surface area contributed by atoms with Crippen molar-refractivity contribution < 1.29 is 9.47 Å². The maximum Gasteiger partial charge on any atom is 0.231 e. The summed E-state index contributed by atoms with van der Waals surface area (Å²) in [5.41, 5.74) is 3.18. The Kier molecular flexibility index (Phi) is 2.73. The van der Waals surface area contributed by atoms with Crippen LogP contribution in [-0.4, -0.2) is 13.0 Å². The van der Waals surface area contributed by atoms with E-state index in [9.17, 15) is 0 Å². The predicted molar refractivity (Wildman–Crippen MR) is 71.0 cm³/mol. The molecule has 2 aromatic rings. The second-order valence-electron chi connectivity index (χ2n) is 4.21. The third-order valence-corrected chi connectivity index (χ3v) is 2.79. The summed E-state index contributed by atoms with van der Waals surface area (Å²) in [6.45, 7) is 2.36. The molecular weight excluding hydrogens is 226 g/mol. The van der Waals surface area contributed by atoms with Crippen molar-refractivity contribution in [1.82, 2.24) is 0 Å². The number of benzene rings is 2. The molecule has 0 N–H and O–H groups in total. The molecule has 0 atom stereocenters. The highest BCUT2D eigenvalue weighted by molar-refractivity contribution is 5.83. The van der Waals surface area contributed by atoms with Gasteiger partial charge in [0.15, 0.2) is 11.5 Å². The molecule has 0 spiro atoms. The Morgan fingerprint density at radius 1 is 1.00 bits per heavy atom. The fraction of sp³-hybridized carbons (Fsp3) is 0.133. The van der Waals surface area contributed by atoms with Crippen LogP contribution < -0.4 is 9.47 Å². The van der Waals surface area contributed by atoms with Gasteiger partial charge in [-0.1, -0.05) is 17.7 Å². The molecule has 0 saturated carbocycles. The average Bonchev–Trinajstić information content (AvgIpc) is 2.85. The third-order valence-electron chi connectivity index (χ3n) is 2.79. The zero-order chi connectivity index (χ0) is 12.4. The second-order valence-corrected chi connectivity index (χ2v) is 4.21. The molecule has 0 unspecified atom stereocenters. The largest absolute Gasteiger partial charge is 0.454 e. The van der Waals surface area contributed by atoms with Crippen LogP contribution >= 0.6 is 0 Å². The van der Waals surface area contributed by atoms with Gasteiger partial charge in [0.25, 0.3) is 0 Å². The van der Waals surface area contributed by atoms with Crippen molar-refractivity contribution in [2.24, 2.45) is 4.99 Å². The number of rotatable bonds is 2.